The van der Waals surface area contributed by atoms with Gasteiger partial charge in [-0.25, -0.2) is 13.1 Å². The van der Waals surface area contributed by atoms with Crippen LogP contribution in [-0.2, 0) is 10.0 Å². The van der Waals surface area contributed by atoms with Crippen molar-refractivity contribution in [2.45, 2.75) is 17.7 Å². The Morgan fingerprint density at radius 1 is 1.12 bits per heavy atom. The van der Waals surface area contributed by atoms with Gasteiger partial charge in [-0.3, -0.25) is 4.79 Å². The second-order valence-electron chi connectivity index (χ2n) is 5.58. The maximum Gasteiger partial charge on any atom is 0.271 e. The molecular weight excluding hydrogens is 330 g/mol. The van der Waals surface area contributed by atoms with Gasteiger partial charge in [0.1, 0.15) is 5.56 Å². The summed E-state index contributed by atoms with van der Waals surface area (Å²) in [6, 6.07) is 9.16. The van der Waals surface area contributed by atoms with Gasteiger partial charge in [0, 0.05) is 24.8 Å². The molecule has 1 aromatic heterocycles. The summed E-state index contributed by atoms with van der Waals surface area (Å²) in [5, 5.41) is 11.2. The van der Waals surface area contributed by atoms with Crippen LogP contribution in [0.1, 0.15) is 23.2 Å². The standard InChI is InChI=1S/C16H17N3O4S/c20-16(13-4-3-11-19(21)12-13)17-24(22,23)15-7-5-14(6-8-15)18-9-1-2-10-18/h3-8,11-12H,1-2,9-10H2,(H,17,20). The highest BCUT2D eigenvalue weighted by Gasteiger charge is 2.20. The number of hydrogen-bond acceptors (Lipinski definition) is 5. The Kier molecular flexibility index (Phi) is 4.39. The molecule has 0 spiro atoms. The first-order chi connectivity index (χ1) is 11.5. The number of benzene rings is 1. The van der Waals surface area contributed by atoms with E-state index in [1.807, 2.05) is 4.72 Å². The SMILES string of the molecule is O=C(NS(=O)(=O)c1ccc(N2CCCC2)cc1)c1ccc[n+]([O-])c1. The maximum absolute atomic E-state index is 12.3. The van der Waals surface area contributed by atoms with Crippen molar-refractivity contribution in [1.29, 1.82) is 0 Å². The molecule has 1 fully saturated rings. The van der Waals surface area contributed by atoms with E-state index in [1.54, 1.807) is 12.1 Å². The van der Waals surface area contributed by atoms with Crippen molar-refractivity contribution in [3.05, 3.63) is 59.6 Å². The molecule has 0 atom stereocenters. The lowest BCUT2D eigenvalue weighted by atomic mass is 10.3. The monoisotopic (exact) mass is 347 g/mol. The molecule has 1 aliphatic rings. The van der Waals surface area contributed by atoms with Gasteiger partial charge in [-0.05, 0) is 43.2 Å². The van der Waals surface area contributed by atoms with Crippen molar-refractivity contribution < 1.29 is 17.9 Å². The molecule has 0 saturated carbocycles. The third kappa shape index (κ3) is 3.48. The van der Waals surface area contributed by atoms with Crippen LogP contribution in [0.3, 0.4) is 0 Å². The summed E-state index contributed by atoms with van der Waals surface area (Å²) in [5.41, 5.74) is 0.943. The van der Waals surface area contributed by atoms with Crippen LogP contribution in [0.25, 0.3) is 0 Å². The third-order valence-corrected chi connectivity index (χ3v) is 5.23. The zero-order chi connectivity index (χ0) is 17.2. The predicted molar refractivity (Wildman–Crippen MR) is 87.9 cm³/mol. The van der Waals surface area contributed by atoms with Gasteiger partial charge in [-0.15, -0.1) is 0 Å². The maximum atomic E-state index is 12.3. The van der Waals surface area contributed by atoms with Crippen molar-refractivity contribution in [2.75, 3.05) is 18.0 Å². The fourth-order valence-electron chi connectivity index (χ4n) is 2.64. The second-order valence-corrected chi connectivity index (χ2v) is 7.26. The lowest BCUT2D eigenvalue weighted by Crippen LogP contribution is -2.33. The zero-order valence-electron chi connectivity index (χ0n) is 12.9. The van der Waals surface area contributed by atoms with Crippen LogP contribution in [0.2, 0.25) is 0 Å². The number of sulfonamides is 1. The van der Waals surface area contributed by atoms with E-state index in [9.17, 15) is 18.4 Å². The van der Waals surface area contributed by atoms with Gasteiger partial charge < -0.3 is 10.1 Å². The van der Waals surface area contributed by atoms with Crippen LogP contribution in [0.4, 0.5) is 5.69 Å². The van der Waals surface area contributed by atoms with E-state index < -0.39 is 15.9 Å². The van der Waals surface area contributed by atoms with Crippen LogP contribution in [-0.4, -0.2) is 27.4 Å². The van der Waals surface area contributed by atoms with Crippen LogP contribution in [0.15, 0.2) is 53.7 Å². The Balaban J connectivity index is 1.76. The minimum absolute atomic E-state index is 0.00438. The lowest BCUT2D eigenvalue weighted by Gasteiger charge is -2.17. The average Bonchev–Trinajstić information content (AvgIpc) is 3.09. The topological polar surface area (TPSA) is 93.4 Å². The highest BCUT2D eigenvalue weighted by molar-refractivity contribution is 7.90. The van der Waals surface area contributed by atoms with Crippen molar-refractivity contribution in [2.24, 2.45) is 0 Å². The van der Waals surface area contributed by atoms with Gasteiger partial charge in [0.25, 0.3) is 15.9 Å². The third-order valence-electron chi connectivity index (χ3n) is 3.88. The van der Waals surface area contributed by atoms with Crippen LogP contribution >= 0.6 is 0 Å². The molecule has 24 heavy (non-hydrogen) atoms. The number of hydrogen-bond donors (Lipinski definition) is 1. The van der Waals surface area contributed by atoms with Gasteiger partial charge in [-0.1, -0.05) is 0 Å². The summed E-state index contributed by atoms with van der Waals surface area (Å²) in [5.74, 6) is -0.844. The van der Waals surface area contributed by atoms with E-state index in [-0.39, 0.29) is 10.5 Å². The number of anilines is 1. The Morgan fingerprint density at radius 3 is 2.42 bits per heavy atom. The van der Waals surface area contributed by atoms with E-state index >= 15 is 0 Å². The Bertz CT molecular complexity index is 844. The fraction of sp³-hybridized carbons (Fsp3) is 0.250. The van der Waals surface area contributed by atoms with E-state index in [4.69, 9.17) is 0 Å². The first kappa shape index (κ1) is 16.3. The minimum Gasteiger partial charge on any atom is -0.619 e. The molecule has 1 aliphatic heterocycles. The molecule has 1 amide bonds. The van der Waals surface area contributed by atoms with Crippen molar-refractivity contribution in [3.63, 3.8) is 0 Å². The first-order valence-electron chi connectivity index (χ1n) is 7.57. The Hall–Kier alpha value is -2.61. The summed E-state index contributed by atoms with van der Waals surface area (Å²) in [4.78, 5) is 14.2. The summed E-state index contributed by atoms with van der Waals surface area (Å²) in [6.45, 7) is 1.93. The number of carbonyl (C=O) groups is 1. The molecule has 126 valence electrons. The molecule has 0 radical (unpaired) electrons. The van der Waals surface area contributed by atoms with Gasteiger partial charge in [0.05, 0.1) is 4.90 Å². The number of pyridine rings is 1. The first-order valence-corrected chi connectivity index (χ1v) is 9.05. The molecule has 1 aromatic carbocycles. The quantitative estimate of drug-likeness (QED) is 0.659. The summed E-state index contributed by atoms with van der Waals surface area (Å²) < 4.78 is 27.0. The molecule has 2 heterocycles. The number of aromatic nitrogens is 1. The largest absolute Gasteiger partial charge is 0.619 e. The molecule has 0 aliphatic carbocycles. The number of carbonyl (C=O) groups excluding carboxylic acids is 1. The molecule has 0 unspecified atom stereocenters. The summed E-state index contributed by atoms with van der Waals surface area (Å²) in [7, 11) is -3.99. The number of rotatable bonds is 4. The molecule has 1 saturated heterocycles. The van der Waals surface area contributed by atoms with Crippen LogP contribution < -0.4 is 14.4 Å². The number of nitrogens with zero attached hydrogens (tertiary/aromatic N) is 2. The molecule has 2 aromatic rings. The van der Waals surface area contributed by atoms with Gasteiger partial charge in [0.15, 0.2) is 12.4 Å². The fourth-order valence-corrected chi connectivity index (χ4v) is 3.61. The van der Waals surface area contributed by atoms with Gasteiger partial charge in [0.2, 0.25) is 0 Å². The molecule has 8 heteroatoms. The smallest absolute Gasteiger partial charge is 0.271 e. The van der Waals surface area contributed by atoms with Crippen LogP contribution in [0, 0.1) is 5.21 Å². The van der Waals surface area contributed by atoms with Crippen LogP contribution in [0.5, 0.6) is 0 Å². The molecule has 3 rings (SSSR count). The summed E-state index contributed by atoms with van der Waals surface area (Å²) >= 11 is 0. The van der Waals surface area contributed by atoms with E-state index in [2.05, 4.69) is 4.90 Å². The van der Waals surface area contributed by atoms with Crippen molar-refractivity contribution >= 4 is 21.6 Å². The molecule has 0 bridgehead atoms. The van der Waals surface area contributed by atoms with Crippen molar-refractivity contribution in [3.8, 4) is 0 Å². The Morgan fingerprint density at radius 2 is 1.79 bits per heavy atom. The predicted octanol–water partition coefficient (Wildman–Crippen LogP) is 1.04. The average molecular weight is 347 g/mol. The Labute approximate surface area is 140 Å². The second kappa shape index (κ2) is 6.48. The van der Waals surface area contributed by atoms with E-state index in [0.717, 1.165) is 37.8 Å². The van der Waals surface area contributed by atoms with Crippen molar-refractivity contribution in [1.82, 2.24) is 4.72 Å². The number of nitrogens with one attached hydrogen (secondary N) is 1. The normalized spacial score (nSPS) is 14.6. The molecule has 1 N–H and O–H groups in total. The summed E-state index contributed by atoms with van der Waals surface area (Å²) in [6.07, 6.45) is 4.49. The highest BCUT2D eigenvalue weighted by Crippen LogP contribution is 2.22. The molecule has 7 nitrogen and oxygen atoms in total. The number of amides is 1. The van der Waals surface area contributed by atoms with Gasteiger partial charge >= 0.3 is 0 Å². The highest BCUT2D eigenvalue weighted by atomic mass is 32.2. The van der Waals surface area contributed by atoms with E-state index in [1.165, 1.54) is 30.5 Å². The lowest BCUT2D eigenvalue weighted by molar-refractivity contribution is -0.605. The zero-order valence-corrected chi connectivity index (χ0v) is 13.7. The van der Waals surface area contributed by atoms with Gasteiger partial charge in [-0.2, -0.15) is 4.73 Å². The molecular formula is C16H17N3O4S. The minimum atomic E-state index is -3.99. The van der Waals surface area contributed by atoms with E-state index in [0.29, 0.717) is 4.73 Å².